The number of aromatic nitrogens is 2. The van der Waals surface area contributed by atoms with Crippen molar-refractivity contribution in [2.24, 2.45) is 0 Å². The lowest BCUT2D eigenvalue weighted by Crippen LogP contribution is -2.21. The number of nitrogens with one attached hydrogen (secondary N) is 2. The van der Waals surface area contributed by atoms with Gasteiger partial charge in [-0.15, -0.1) is 0 Å². The second-order valence-corrected chi connectivity index (χ2v) is 6.20. The largest absolute Gasteiger partial charge is 0.489 e. The minimum atomic E-state index is 0.114. The Morgan fingerprint density at radius 2 is 1.83 bits per heavy atom. The Balaban J connectivity index is 2.13. The predicted molar refractivity (Wildman–Crippen MR) is 99.3 cm³/mol. The smallest absolute Gasteiger partial charge is 0.143 e. The molecule has 2 aromatic rings. The summed E-state index contributed by atoms with van der Waals surface area (Å²) in [5.74, 6) is 3.09. The van der Waals surface area contributed by atoms with E-state index in [9.17, 15) is 0 Å². The lowest BCUT2D eigenvalue weighted by atomic mass is 10.3. The highest BCUT2D eigenvalue weighted by Crippen LogP contribution is 2.28. The highest BCUT2D eigenvalue weighted by atomic mass is 16.5. The molecule has 1 aromatic carbocycles. The van der Waals surface area contributed by atoms with Crippen LogP contribution in [0.1, 0.15) is 19.7 Å². The highest BCUT2D eigenvalue weighted by Gasteiger charge is 2.08. The zero-order chi connectivity index (χ0) is 17.5. The van der Waals surface area contributed by atoms with Crippen molar-refractivity contribution in [2.45, 2.75) is 26.9 Å². The summed E-state index contributed by atoms with van der Waals surface area (Å²) in [5.41, 5.74) is 0.892. The second kappa shape index (κ2) is 8.49. The Bertz CT molecular complexity index is 658. The molecule has 130 valence electrons. The second-order valence-electron chi connectivity index (χ2n) is 6.20. The molecule has 1 heterocycles. The predicted octanol–water partition coefficient (Wildman–Crippen LogP) is 3.29. The van der Waals surface area contributed by atoms with E-state index < -0.39 is 0 Å². The van der Waals surface area contributed by atoms with Crippen LogP contribution in [0.15, 0.2) is 30.3 Å². The van der Waals surface area contributed by atoms with Crippen molar-refractivity contribution in [1.29, 1.82) is 0 Å². The van der Waals surface area contributed by atoms with Crippen molar-refractivity contribution < 1.29 is 4.74 Å². The van der Waals surface area contributed by atoms with Gasteiger partial charge in [-0.3, -0.25) is 0 Å². The molecule has 0 unspecified atom stereocenters. The van der Waals surface area contributed by atoms with E-state index in [1.54, 1.807) is 0 Å². The molecule has 6 heteroatoms. The molecule has 0 spiro atoms. The first kappa shape index (κ1) is 18.0. The number of para-hydroxylation sites is 2. The van der Waals surface area contributed by atoms with E-state index in [1.807, 2.05) is 65.2 Å². The summed E-state index contributed by atoms with van der Waals surface area (Å²) in [6.45, 7) is 7.68. The first-order valence-corrected chi connectivity index (χ1v) is 8.21. The van der Waals surface area contributed by atoms with Crippen molar-refractivity contribution in [1.82, 2.24) is 14.9 Å². The SMILES string of the molecule is Cc1nc(NCCN(C)C)cc(Nc2ccccc2OC(C)C)n1. The maximum atomic E-state index is 5.84. The maximum absolute atomic E-state index is 5.84. The van der Waals surface area contributed by atoms with Crippen molar-refractivity contribution in [3.05, 3.63) is 36.2 Å². The molecule has 0 atom stereocenters. The summed E-state index contributed by atoms with van der Waals surface area (Å²) in [6.07, 6.45) is 0.114. The number of ether oxygens (including phenoxy) is 1. The Kier molecular flexibility index (Phi) is 6.37. The number of hydrogen-bond acceptors (Lipinski definition) is 6. The van der Waals surface area contributed by atoms with Crippen LogP contribution in [0.5, 0.6) is 5.75 Å². The van der Waals surface area contributed by atoms with Crippen LogP contribution < -0.4 is 15.4 Å². The Morgan fingerprint density at radius 3 is 2.54 bits per heavy atom. The molecule has 0 aliphatic heterocycles. The van der Waals surface area contributed by atoms with Gasteiger partial charge in [0.2, 0.25) is 0 Å². The fourth-order valence-electron chi connectivity index (χ4n) is 2.19. The van der Waals surface area contributed by atoms with Crippen LogP contribution in [-0.2, 0) is 0 Å². The van der Waals surface area contributed by atoms with E-state index in [0.717, 1.165) is 42.0 Å². The third kappa shape index (κ3) is 5.70. The average Bonchev–Trinajstić information content (AvgIpc) is 2.48. The zero-order valence-electron chi connectivity index (χ0n) is 15.1. The Morgan fingerprint density at radius 1 is 1.12 bits per heavy atom. The Hall–Kier alpha value is -2.34. The van der Waals surface area contributed by atoms with Gasteiger partial charge in [-0.05, 0) is 47.0 Å². The van der Waals surface area contributed by atoms with Gasteiger partial charge < -0.3 is 20.3 Å². The van der Waals surface area contributed by atoms with Crippen LogP contribution >= 0.6 is 0 Å². The van der Waals surface area contributed by atoms with Crippen molar-refractivity contribution >= 4 is 17.3 Å². The van der Waals surface area contributed by atoms with Gasteiger partial charge in [0.25, 0.3) is 0 Å². The van der Waals surface area contributed by atoms with Gasteiger partial charge in [-0.2, -0.15) is 0 Å². The molecule has 6 nitrogen and oxygen atoms in total. The van der Waals surface area contributed by atoms with Crippen molar-refractivity contribution in [3.63, 3.8) is 0 Å². The normalized spacial score (nSPS) is 11.0. The first-order chi connectivity index (χ1) is 11.4. The van der Waals surface area contributed by atoms with E-state index in [0.29, 0.717) is 0 Å². The molecule has 0 amide bonds. The van der Waals surface area contributed by atoms with Gasteiger partial charge in [0, 0.05) is 19.2 Å². The number of anilines is 3. The molecule has 0 fully saturated rings. The van der Waals surface area contributed by atoms with E-state index in [1.165, 1.54) is 0 Å². The number of benzene rings is 1. The third-order valence-corrected chi connectivity index (χ3v) is 3.22. The molecule has 0 aliphatic rings. The molecule has 1 aromatic heterocycles. The molecule has 2 N–H and O–H groups in total. The lowest BCUT2D eigenvalue weighted by molar-refractivity contribution is 0.244. The van der Waals surface area contributed by atoms with Crippen LogP contribution in [0.4, 0.5) is 17.3 Å². The highest BCUT2D eigenvalue weighted by molar-refractivity contribution is 5.65. The minimum Gasteiger partial charge on any atom is -0.489 e. The van der Waals surface area contributed by atoms with Gasteiger partial charge in [0.15, 0.2) is 0 Å². The number of nitrogens with zero attached hydrogens (tertiary/aromatic N) is 3. The topological polar surface area (TPSA) is 62.3 Å². The van der Waals surface area contributed by atoms with E-state index >= 15 is 0 Å². The summed E-state index contributed by atoms with van der Waals surface area (Å²) in [5, 5.41) is 6.66. The van der Waals surface area contributed by atoms with Gasteiger partial charge in [-0.1, -0.05) is 12.1 Å². The van der Waals surface area contributed by atoms with Crippen molar-refractivity contribution in [3.8, 4) is 5.75 Å². The van der Waals surface area contributed by atoms with E-state index in [2.05, 4.69) is 25.5 Å². The standard InChI is InChI=1S/C18H27N5O/c1-13(2)24-16-9-7-6-8-15(16)22-18-12-17(20-14(3)21-18)19-10-11-23(4)5/h6-9,12-13H,10-11H2,1-5H3,(H2,19,20,21,22). The number of rotatable bonds is 8. The van der Waals surface area contributed by atoms with Gasteiger partial charge in [-0.25, -0.2) is 9.97 Å². The van der Waals surface area contributed by atoms with Gasteiger partial charge >= 0.3 is 0 Å². The van der Waals surface area contributed by atoms with Crippen LogP contribution in [0.2, 0.25) is 0 Å². The third-order valence-electron chi connectivity index (χ3n) is 3.22. The number of likely N-dealkylation sites (N-methyl/N-ethyl adjacent to an activating group) is 1. The molecule has 2 rings (SSSR count). The summed E-state index contributed by atoms with van der Waals surface area (Å²) in [4.78, 5) is 11.0. The molecule has 0 radical (unpaired) electrons. The monoisotopic (exact) mass is 329 g/mol. The fraction of sp³-hybridized carbons (Fsp3) is 0.444. The van der Waals surface area contributed by atoms with Crippen LogP contribution in [0.3, 0.4) is 0 Å². The van der Waals surface area contributed by atoms with Crippen LogP contribution in [-0.4, -0.2) is 48.2 Å². The lowest BCUT2D eigenvalue weighted by Gasteiger charge is -2.16. The zero-order valence-corrected chi connectivity index (χ0v) is 15.1. The van der Waals surface area contributed by atoms with Crippen molar-refractivity contribution in [2.75, 3.05) is 37.8 Å². The molecule has 24 heavy (non-hydrogen) atoms. The minimum absolute atomic E-state index is 0.114. The van der Waals surface area contributed by atoms with Gasteiger partial charge in [0.1, 0.15) is 23.2 Å². The molecule has 0 aliphatic carbocycles. The molecule has 0 saturated heterocycles. The molecular weight excluding hydrogens is 302 g/mol. The summed E-state index contributed by atoms with van der Waals surface area (Å²) >= 11 is 0. The summed E-state index contributed by atoms with van der Waals surface area (Å²) < 4.78 is 5.84. The van der Waals surface area contributed by atoms with E-state index in [4.69, 9.17) is 4.74 Å². The van der Waals surface area contributed by atoms with Gasteiger partial charge in [0.05, 0.1) is 11.8 Å². The summed E-state index contributed by atoms with van der Waals surface area (Å²) in [7, 11) is 4.09. The number of aryl methyl sites for hydroxylation is 1. The summed E-state index contributed by atoms with van der Waals surface area (Å²) in [6, 6.07) is 9.78. The first-order valence-electron chi connectivity index (χ1n) is 8.21. The quantitative estimate of drug-likeness (QED) is 0.775. The Labute approximate surface area is 144 Å². The van der Waals surface area contributed by atoms with Crippen LogP contribution in [0.25, 0.3) is 0 Å². The maximum Gasteiger partial charge on any atom is 0.143 e. The fourth-order valence-corrected chi connectivity index (χ4v) is 2.19. The molecular formula is C18H27N5O. The van der Waals surface area contributed by atoms with E-state index in [-0.39, 0.29) is 6.10 Å². The van der Waals surface area contributed by atoms with Crippen LogP contribution in [0, 0.1) is 6.92 Å². The molecule has 0 bridgehead atoms. The molecule has 0 saturated carbocycles. The number of hydrogen-bond donors (Lipinski definition) is 2. The average molecular weight is 329 g/mol.